The van der Waals surface area contributed by atoms with E-state index in [9.17, 15) is 9.59 Å². The second-order valence-corrected chi connectivity index (χ2v) is 7.52. The van der Waals surface area contributed by atoms with Crippen LogP contribution in [0.1, 0.15) is 22.3 Å². The maximum Gasteiger partial charge on any atom is 0.354 e. The molecule has 1 aromatic carbocycles. The van der Waals surface area contributed by atoms with Gasteiger partial charge in [0.25, 0.3) is 0 Å². The summed E-state index contributed by atoms with van der Waals surface area (Å²) in [5, 5.41) is 2.83. The van der Waals surface area contributed by atoms with E-state index in [1.54, 1.807) is 34.1 Å². The highest BCUT2D eigenvalue weighted by Gasteiger charge is 2.22. The number of aromatic nitrogens is 1. The lowest BCUT2D eigenvalue weighted by Gasteiger charge is -2.16. The van der Waals surface area contributed by atoms with Crippen LogP contribution in [0.15, 0.2) is 24.3 Å². The molecule has 0 aliphatic carbocycles. The minimum absolute atomic E-state index is 0.0642. The summed E-state index contributed by atoms with van der Waals surface area (Å²) in [4.78, 5) is 26.3. The maximum atomic E-state index is 12.9. The molecule has 8 nitrogen and oxygen atoms in total. The predicted octanol–water partition coefficient (Wildman–Crippen LogP) is 3.72. The van der Waals surface area contributed by atoms with Crippen molar-refractivity contribution in [3.05, 3.63) is 34.8 Å². The zero-order valence-electron chi connectivity index (χ0n) is 17.5. The fourth-order valence-corrected chi connectivity index (χ4v) is 4.29. The Bertz CT molecular complexity index is 1090. The second-order valence-electron chi connectivity index (χ2n) is 6.35. The largest absolute Gasteiger partial charge is 0.493 e. The zero-order valence-corrected chi connectivity index (χ0v) is 18.3. The van der Waals surface area contributed by atoms with Crippen molar-refractivity contribution in [1.29, 1.82) is 0 Å². The van der Waals surface area contributed by atoms with Crippen LogP contribution < -0.4 is 19.5 Å². The third-order valence-corrected chi connectivity index (χ3v) is 5.88. The molecular formula is C21H24N2O6S. The Morgan fingerprint density at radius 2 is 1.77 bits per heavy atom. The van der Waals surface area contributed by atoms with E-state index in [-0.39, 0.29) is 12.5 Å². The Morgan fingerprint density at radius 1 is 1.03 bits per heavy atom. The Morgan fingerprint density at radius 3 is 2.37 bits per heavy atom. The summed E-state index contributed by atoms with van der Waals surface area (Å²) in [6.07, 6.45) is 0.877. The Hall–Kier alpha value is -3.20. The topological polar surface area (TPSA) is 88.0 Å². The molecule has 0 saturated carbocycles. The van der Waals surface area contributed by atoms with Gasteiger partial charge in [0, 0.05) is 4.88 Å². The number of anilines is 1. The van der Waals surface area contributed by atoms with Gasteiger partial charge in [0.2, 0.25) is 11.7 Å². The molecule has 3 aromatic rings. The number of carbonyl (C=O) groups excluding carboxylic acids is 2. The summed E-state index contributed by atoms with van der Waals surface area (Å²) < 4.78 is 23.5. The molecule has 0 atom stereocenters. The molecule has 2 heterocycles. The van der Waals surface area contributed by atoms with E-state index in [1.807, 2.05) is 6.07 Å². The number of rotatable bonds is 8. The van der Waals surface area contributed by atoms with Crippen molar-refractivity contribution < 1.29 is 28.5 Å². The van der Waals surface area contributed by atoms with Gasteiger partial charge in [-0.25, -0.2) is 4.79 Å². The van der Waals surface area contributed by atoms with Gasteiger partial charge >= 0.3 is 5.97 Å². The number of benzene rings is 1. The number of hydrogen-bond acceptors (Lipinski definition) is 7. The number of esters is 1. The second kappa shape index (κ2) is 9.08. The van der Waals surface area contributed by atoms with Gasteiger partial charge in [0.05, 0.1) is 44.3 Å². The van der Waals surface area contributed by atoms with Crippen LogP contribution in [0.25, 0.3) is 10.2 Å². The van der Waals surface area contributed by atoms with Gasteiger partial charge in [-0.05, 0) is 30.7 Å². The first-order valence-corrected chi connectivity index (χ1v) is 10.1. The van der Waals surface area contributed by atoms with Gasteiger partial charge in [0.1, 0.15) is 12.2 Å². The highest BCUT2D eigenvalue weighted by molar-refractivity contribution is 7.19. The number of ether oxygens (including phenoxy) is 4. The van der Waals surface area contributed by atoms with Crippen molar-refractivity contribution >= 4 is 39.1 Å². The number of amides is 1. The SMILES string of the molecule is CCc1cc2c(cc(C(=O)OC)n2CC(=O)Nc2ccc(OC)c(OC)c2OC)s1. The molecule has 0 aliphatic heterocycles. The summed E-state index contributed by atoms with van der Waals surface area (Å²) >= 11 is 1.60. The first kappa shape index (κ1) is 21.5. The van der Waals surface area contributed by atoms with E-state index >= 15 is 0 Å². The molecule has 1 amide bonds. The zero-order chi connectivity index (χ0) is 21.8. The average Bonchev–Trinajstić information content (AvgIpc) is 3.31. The van der Waals surface area contributed by atoms with Gasteiger partial charge in [-0.3, -0.25) is 4.79 Å². The summed E-state index contributed by atoms with van der Waals surface area (Å²) in [6.45, 7) is 2.00. The molecule has 0 spiro atoms. The average molecular weight is 432 g/mol. The number of hydrogen-bond donors (Lipinski definition) is 1. The number of thiophene rings is 1. The fraction of sp³-hybridized carbons (Fsp3) is 0.333. The molecule has 9 heteroatoms. The number of nitrogens with one attached hydrogen (secondary N) is 1. The van der Waals surface area contributed by atoms with Crippen LogP contribution in [0.4, 0.5) is 5.69 Å². The fourth-order valence-electron chi connectivity index (χ4n) is 3.24. The minimum Gasteiger partial charge on any atom is -0.493 e. The van der Waals surface area contributed by atoms with E-state index in [0.717, 1.165) is 16.6 Å². The Labute approximate surface area is 178 Å². The van der Waals surface area contributed by atoms with Crippen molar-refractivity contribution in [3.63, 3.8) is 0 Å². The molecule has 160 valence electrons. The summed E-state index contributed by atoms with van der Waals surface area (Å²) in [6, 6.07) is 7.10. The third-order valence-electron chi connectivity index (χ3n) is 4.66. The van der Waals surface area contributed by atoms with Crippen LogP contribution in [0.3, 0.4) is 0 Å². The number of aryl methyl sites for hydroxylation is 1. The molecule has 0 bridgehead atoms. The number of nitrogens with zero attached hydrogens (tertiary/aromatic N) is 1. The van der Waals surface area contributed by atoms with E-state index in [0.29, 0.717) is 28.6 Å². The van der Waals surface area contributed by atoms with Crippen LogP contribution in [0.2, 0.25) is 0 Å². The predicted molar refractivity (Wildman–Crippen MR) is 115 cm³/mol. The van der Waals surface area contributed by atoms with E-state index in [1.165, 1.54) is 33.3 Å². The van der Waals surface area contributed by atoms with Gasteiger partial charge in [0.15, 0.2) is 11.5 Å². The lowest BCUT2D eigenvalue weighted by Crippen LogP contribution is -2.22. The first-order chi connectivity index (χ1) is 14.5. The monoisotopic (exact) mass is 432 g/mol. The van der Waals surface area contributed by atoms with Gasteiger partial charge in [-0.1, -0.05) is 6.92 Å². The van der Waals surface area contributed by atoms with Crippen molar-refractivity contribution in [3.8, 4) is 17.2 Å². The van der Waals surface area contributed by atoms with Gasteiger partial charge < -0.3 is 28.8 Å². The summed E-state index contributed by atoms with van der Waals surface area (Å²) in [5.41, 5.74) is 1.59. The van der Waals surface area contributed by atoms with Crippen LogP contribution in [-0.4, -0.2) is 44.9 Å². The van der Waals surface area contributed by atoms with E-state index < -0.39 is 5.97 Å². The molecule has 0 aliphatic rings. The normalized spacial score (nSPS) is 10.7. The third kappa shape index (κ3) is 3.93. The highest BCUT2D eigenvalue weighted by atomic mass is 32.1. The molecule has 3 rings (SSSR count). The van der Waals surface area contributed by atoms with Crippen molar-refractivity contribution in [2.75, 3.05) is 33.8 Å². The summed E-state index contributed by atoms with van der Waals surface area (Å²) in [7, 11) is 5.81. The standard InChI is InChI=1S/C21H24N2O6S/c1-6-12-9-14-17(30-12)10-15(21(25)29-5)23(14)11-18(24)22-13-7-8-16(26-2)20(28-4)19(13)27-3/h7-10H,6,11H2,1-5H3,(H,22,24). The molecule has 0 saturated heterocycles. The molecule has 1 N–H and O–H groups in total. The van der Waals surface area contributed by atoms with Crippen LogP contribution in [-0.2, 0) is 22.5 Å². The van der Waals surface area contributed by atoms with Crippen molar-refractivity contribution in [1.82, 2.24) is 4.57 Å². The molecule has 0 fully saturated rings. The molecular weight excluding hydrogens is 408 g/mol. The minimum atomic E-state index is -0.493. The highest BCUT2D eigenvalue weighted by Crippen LogP contribution is 2.42. The van der Waals surface area contributed by atoms with Crippen LogP contribution in [0.5, 0.6) is 17.2 Å². The number of fused-ring (bicyclic) bond motifs is 1. The molecule has 2 aromatic heterocycles. The molecule has 0 unspecified atom stereocenters. The Kier molecular flexibility index (Phi) is 6.51. The van der Waals surface area contributed by atoms with Gasteiger partial charge in [-0.2, -0.15) is 0 Å². The lowest BCUT2D eigenvalue weighted by molar-refractivity contribution is -0.116. The molecule has 0 radical (unpaired) electrons. The van der Waals surface area contributed by atoms with Gasteiger partial charge in [-0.15, -0.1) is 11.3 Å². The number of methoxy groups -OCH3 is 4. The van der Waals surface area contributed by atoms with Crippen molar-refractivity contribution in [2.24, 2.45) is 0 Å². The Balaban J connectivity index is 1.94. The van der Waals surface area contributed by atoms with Crippen LogP contribution in [0, 0.1) is 0 Å². The molecule has 30 heavy (non-hydrogen) atoms. The van der Waals surface area contributed by atoms with Crippen LogP contribution >= 0.6 is 11.3 Å². The lowest BCUT2D eigenvalue weighted by atomic mass is 10.2. The quantitative estimate of drug-likeness (QED) is 0.546. The summed E-state index contributed by atoms with van der Waals surface area (Å²) in [5.74, 6) is 0.389. The smallest absolute Gasteiger partial charge is 0.354 e. The van der Waals surface area contributed by atoms with E-state index in [2.05, 4.69) is 12.2 Å². The van der Waals surface area contributed by atoms with Crippen molar-refractivity contribution in [2.45, 2.75) is 19.9 Å². The maximum absolute atomic E-state index is 12.9. The van der Waals surface area contributed by atoms with E-state index in [4.69, 9.17) is 18.9 Å². The number of carbonyl (C=O) groups is 2. The first-order valence-electron chi connectivity index (χ1n) is 9.26.